The van der Waals surface area contributed by atoms with Gasteiger partial charge in [0.1, 0.15) is 29.6 Å². The van der Waals surface area contributed by atoms with Crippen molar-refractivity contribution in [2.75, 3.05) is 71.7 Å². The van der Waals surface area contributed by atoms with E-state index in [-0.39, 0.29) is 12.0 Å². The predicted molar refractivity (Wildman–Crippen MR) is 166 cm³/mol. The predicted octanol–water partition coefficient (Wildman–Crippen LogP) is 4.76. The van der Waals surface area contributed by atoms with Gasteiger partial charge in [-0.15, -0.1) is 0 Å². The fourth-order valence-corrected chi connectivity index (χ4v) is 5.63. The number of hydrogen-bond acceptors (Lipinski definition) is 9. The number of nitrogens with one attached hydrogen (secondary N) is 1. The summed E-state index contributed by atoms with van der Waals surface area (Å²) >= 11 is 0. The number of nitrogens with zero attached hydrogens (tertiary/aromatic N) is 1. The van der Waals surface area contributed by atoms with Crippen molar-refractivity contribution < 1.29 is 33.5 Å². The molecule has 5 rings (SSSR count). The summed E-state index contributed by atoms with van der Waals surface area (Å²) in [5.74, 6) is 2.92. The summed E-state index contributed by atoms with van der Waals surface area (Å²) in [5.41, 5.74) is 3.19. The molecule has 0 radical (unpaired) electrons. The second kappa shape index (κ2) is 15.9. The Hall–Kier alpha value is -3.34. The Bertz CT molecular complexity index is 1270. The van der Waals surface area contributed by atoms with E-state index in [1.165, 1.54) is 0 Å². The molecule has 2 aliphatic heterocycles. The fourth-order valence-electron chi connectivity index (χ4n) is 5.63. The van der Waals surface area contributed by atoms with Crippen LogP contribution in [0.5, 0.6) is 23.0 Å². The van der Waals surface area contributed by atoms with Gasteiger partial charge in [0.15, 0.2) is 0 Å². The first-order valence-electron chi connectivity index (χ1n) is 15.1. The average Bonchev–Trinajstić information content (AvgIpc) is 3.03. The van der Waals surface area contributed by atoms with Gasteiger partial charge in [0.05, 0.1) is 37.7 Å². The lowest BCUT2D eigenvalue weighted by atomic mass is 9.85. The minimum absolute atomic E-state index is 0.161. The molecule has 0 saturated carbocycles. The number of anilines is 1. The first-order valence-corrected chi connectivity index (χ1v) is 15.1. The van der Waals surface area contributed by atoms with Crippen LogP contribution in [0.1, 0.15) is 29.9 Å². The summed E-state index contributed by atoms with van der Waals surface area (Å²) in [6, 6.07) is 21.8. The zero-order valence-electron chi connectivity index (χ0n) is 25.2. The maximum atomic E-state index is 11.0. The molecule has 3 unspecified atom stereocenters. The van der Waals surface area contributed by atoms with Gasteiger partial charge in [0.25, 0.3) is 0 Å². The summed E-state index contributed by atoms with van der Waals surface area (Å²) in [7, 11) is 3.42. The van der Waals surface area contributed by atoms with Crippen LogP contribution in [-0.2, 0) is 20.8 Å². The Kier molecular flexibility index (Phi) is 11.5. The van der Waals surface area contributed by atoms with Crippen molar-refractivity contribution in [2.45, 2.75) is 37.6 Å². The number of β-amino-alcohol motifs (C(OH)–C–C–N with tert-alkyl or cyclic N) is 1. The third kappa shape index (κ3) is 8.61. The highest BCUT2D eigenvalue weighted by Crippen LogP contribution is 2.35. The van der Waals surface area contributed by atoms with Crippen LogP contribution in [0.4, 0.5) is 5.69 Å². The number of fused-ring (bicyclic) bond motifs is 1. The second-order valence-electron chi connectivity index (χ2n) is 10.9. The van der Waals surface area contributed by atoms with Crippen LogP contribution in [0, 0.1) is 0 Å². The zero-order valence-corrected chi connectivity index (χ0v) is 25.2. The van der Waals surface area contributed by atoms with Crippen LogP contribution in [0.25, 0.3) is 0 Å². The van der Waals surface area contributed by atoms with Crippen molar-refractivity contribution in [1.82, 2.24) is 5.32 Å². The van der Waals surface area contributed by atoms with E-state index in [4.69, 9.17) is 28.4 Å². The molecule has 2 heterocycles. The lowest BCUT2D eigenvalue weighted by Crippen LogP contribution is -2.49. The molecule has 0 aliphatic carbocycles. The Morgan fingerprint density at radius 3 is 2.53 bits per heavy atom. The summed E-state index contributed by atoms with van der Waals surface area (Å²) in [5, 5.41) is 14.3. The maximum Gasteiger partial charge on any atom is 0.142 e. The monoisotopic (exact) mass is 592 g/mol. The van der Waals surface area contributed by atoms with Crippen LogP contribution in [0.3, 0.4) is 0 Å². The number of rotatable bonds is 15. The molecule has 232 valence electrons. The second-order valence-corrected chi connectivity index (χ2v) is 10.9. The molecule has 1 saturated heterocycles. The van der Waals surface area contributed by atoms with Crippen LogP contribution >= 0.6 is 0 Å². The number of hydrogen-bond donors (Lipinski definition) is 2. The van der Waals surface area contributed by atoms with Gasteiger partial charge in [-0.05, 0) is 53.9 Å². The van der Waals surface area contributed by atoms with Crippen molar-refractivity contribution >= 4 is 5.69 Å². The third-order valence-corrected chi connectivity index (χ3v) is 7.81. The number of methoxy groups -OCH3 is 2. The SMILES string of the molecule is COCCCOc1cccc(Oc2ccc(C3C(O)CNCC3OCc3ccc4c(c3)N(CCCOC)CCO4)cc2)c1. The molecule has 0 bridgehead atoms. The molecule has 2 aliphatic rings. The molecule has 0 aromatic heterocycles. The van der Waals surface area contributed by atoms with E-state index in [0.717, 1.165) is 60.9 Å². The van der Waals surface area contributed by atoms with E-state index in [1.807, 2.05) is 54.6 Å². The molecule has 9 heteroatoms. The minimum Gasteiger partial charge on any atom is -0.493 e. The summed E-state index contributed by atoms with van der Waals surface area (Å²) in [6.45, 7) is 6.07. The van der Waals surface area contributed by atoms with E-state index in [9.17, 15) is 5.11 Å². The summed E-state index contributed by atoms with van der Waals surface area (Å²) in [6.07, 6.45) is 1.04. The normalized spacial score (nSPS) is 19.9. The third-order valence-electron chi connectivity index (χ3n) is 7.81. The molecular weight excluding hydrogens is 548 g/mol. The molecule has 3 aromatic carbocycles. The highest BCUT2D eigenvalue weighted by atomic mass is 16.5. The van der Waals surface area contributed by atoms with E-state index in [1.54, 1.807) is 14.2 Å². The van der Waals surface area contributed by atoms with Gasteiger partial charge >= 0.3 is 0 Å². The van der Waals surface area contributed by atoms with Gasteiger partial charge in [-0.25, -0.2) is 0 Å². The van der Waals surface area contributed by atoms with Crippen LogP contribution < -0.4 is 24.4 Å². The number of ether oxygens (including phenoxy) is 6. The largest absolute Gasteiger partial charge is 0.493 e. The van der Waals surface area contributed by atoms with Gasteiger partial charge in [-0.2, -0.15) is 0 Å². The standard InChI is InChI=1S/C34H44N2O7/c1-38-16-4-14-36-15-19-41-32-13-8-25(20-30(32)36)24-42-33-23-35-22-31(37)34(33)26-9-11-27(12-10-26)43-29-7-3-6-28(21-29)40-18-5-17-39-2/h3,6-13,20-21,31,33-35,37H,4-5,14-19,22-24H2,1-2H3. The maximum absolute atomic E-state index is 11.0. The van der Waals surface area contributed by atoms with Gasteiger partial charge in [-0.3, -0.25) is 0 Å². The average molecular weight is 593 g/mol. The first kappa shape index (κ1) is 31.1. The number of piperidine rings is 1. The molecule has 3 atom stereocenters. The summed E-state index contributed by atoms with van der Waals surface area (Å²) < 4.78 is 34.6. The quantitative estimate of drug-likeness (QED) is 0.242. The van der Waals surface area contributed by atoms with Crippen LogP contribution in [0.15, 0.2) is 66.7 Å². The van der Waals surface area contributed by atoms with Crippen molar-refractivity contribution in [3.63, 3.8) is 0 Å². The van der Waals surface area contributed by atoms with Crippen LogP contribution in [0.2, 0.25) is 0 Å². The zero-order chi connectivity index (χ0) is 29.9. The van der Waals surface area contributed by atoms with E-state index < -0.39 is 6.10 Å². The van der Waals surface area contributed by atoms with Gasteiger partial charge in [0, 0.05) is 65.5 Å². The fraction of sp³-hybridized carbons (Fsp3) is 0.471. The molecule has 0 amide bonds. The van der Waals surface area contributed by atoms with Crippen molar-refractivity contribution in [3.05, 3.63) is 77.9 Å². The van der Waals surface area contributed by atoms with Crippen LogP contribution in [-0.4, -0.2) is 84.1 Å². The Morgan fingerprint density at radius 1 is 0.884 bits per heavy atom. The van der Waals surface area contributed by atoms with Gasteiger partial charge < -0.3 is 43.7 Å². The lowest BCUT2D eigenvalue weighted by molar-refractivity contribution is -0.0328. The first-order chi connectivity index (χ1) is 21.1. The smallest absolute Gasteiger partial charge is 0.142 e. The summed E-state index contributed by atoms with van der Waals surface area (Å²) in [4.78, 5) is 2.35. The minimum atomic E-state index is -0.564. The molecule has 9 nitrogen and oxygen atoms in total. The molecule has 2 N–H and O–H groups in total. The van der Waals surface area contributed by atoms with Crippen molar-refractivity contribution in [3.8, 4) is 23.0 Å². The van der Waals surface area contributed by atoms with Crippen molar-refractivity contribution in [2.24, 2.45) is 0 Å². The number of aliphatic hydroxyl groups excluding tert-OH is 1. The van der Waals surface area contributed by atoms with E-state index >= 15 is 0 Å². The van der Waals surface area contributed by atoms with Crippen molar-refractivity contribution in [1.29, 1.82) is 0 Å². The lowest BCUT2D eigenvalue weighted by Gasteiger charge is -2.36. The molecular formula is C34H44N2O7. The number of benzene rings is 3. The highest BCUT2D eigenvalue weighted by Gasteiger charge is 2.34. The highest BCUT2D eigenvalue weighted by molar-refractivity contribution is 5.61. The molecule has 0 spiro atoms. The van der Waals surface area contributed by atoms with Gasteiger partial charge in [0.2, 0.25) is 0 Å². The van der Waals surface area contributed by atoms with E-state index in [2.05, 4.69) is 22.3 Å². The molecule has 43 heavy (non-hydrogen) atoms. The Balaban J connectivity index is 1.21. The Labute approximate surface area is 254 Å². The molecule has 3 aromatic rings. The van der Waals surface area contributed by atoms with Gasteiger partial charge in [-0.1, -0.05) is 24.3 Å². The number of aliphatic hydroxyl groups is 1. The van der Waals surface area contributed by atoms with E-state index in [0.29, 0.717) is 51.0 Å². The molecule has 1 fully saturated rings. The topological polar surface area (TPSA) is 90.9 Å². The Morgan fingerprint density at radius 2 is 1.70 bits per heavy atom.